The van der Waals surface area contributed by atoms with Crippen molar-refractivity contribution in [1.82, 2.24) is 10.2 Å². The molecule has 1 unspecified atom stereocenters. The summed E-state index contributed by atoms with van der Waals surface area (Å²) in [5.74, 6) is 0.186. The van der Waals surface area contributed by atoms with Crippen LogP contribution in [0.4, 0.5) is 0 Å². The third kappa shape index (κ3) is 3.32. The van der Waals surface area contributed by atoms with E-state index in [1.54, 1.807) is 4.90 Å². The summed E-state index contributed by atoms with van der Waals surface area (Å²) in [5, 5.41) is 2.85. The Morgan fingerprint density at radius 2 is 1.87 bits per heavy atom. The summed E-state index contributed by atoms with van der Waals surface area (Å²) >= 11 is 2.09. The largest absolute Gasteiger partial charge is 0.354 e. The minimum absolute atomic E-state index is 0.00305. The van der Waals surface area contributed by atoms with Crippen molar-refractivity contribution in [2.75, 3.05) is 13.1 Å². The van der Waals surface area contributed by atoms with Crippen LogP contribution >= 0.6 is 22.6 Å². The van der Waals surface area contributed by atoms with Crippen molar-refractivity contribution in [3.8, 4) is 0 Å². The van der Waals surface area contributed by atoms with Crippen LogP contribution in [0.5, 0.6) is 0 Å². The molecular weight excluding hydrogens is 307 g/mol. The molecule has 0 aromatic heterocycles. The van der Waals surface area contributed by atoms with Gasteiger partial charge in [-0.05, 0) is 20.8 Å². The molecule has 0 aromatic rings. The Bertz CT molecular complexity index is 260. The molecule has 1 saturated heterocycles. The summed E-state index contributed by atoms with van der Waals surface area (Å²) in [6, 6.07) is 0.172. The first-order valence-electron chi connectivity index (χ1n) is 5.15. The fourth-order valence-electron chi connectivity index (χ4n) is 1.48. The zero-order chi connectivity index (χ0) is 11.6. The van der Waals surface area contributed by atoms with E-state index in [1.165, 1.54) is 0 Å². The first-order valence-corrected chi connectivity index (χ1v) is 6.39. The molecule has 0 aliphatic carbocycles. The van der Waals surface area contributed by atoms with E-state index in [1.807, 2.05) is 20.8 Å². The number of carbonyl (C=O) groups excluding carboxylic acids is 2. The van der Waals surface area contributed by atoms with Gasteiger partial charge >= 0.3 is 0 Å². The van der Waals surface area contributed by atoms with E-state index in [0.717, 1.165) is 0 Å². The lowest BCUT2D eigenvalue weighted by Crippen LogP contribution is -2.57. The standard InChI is InChI=1S/C10H17IN2O2/c1-6(2)12-9(14)8-4-13(5-8)10(15)7(3)11/h6-8H,4-5H2,1-3H3,(H,12,14). The number of halogens is 1. The maximum atomic E-state index is 11.5. The molecule has 5 heteroatoms. The molecule has 1 heterocycles. The monoisotopic (exact) mass is 324 g/mol. The minimum Gasteiger partial charge on any atom is -0.354 e. The summed E-state index contributed by atoms with van der Waals surface area (Å²) in [4.78, 5) is 24.8. The Balaban J connectivity index is 2.31. The van der Waals surface area contributed by atoms with Crippen LogP contribution in [0.2, 0.25) is 0 Å². The Morgan fingerprint density at radius 3 is 2.27 bits per heavy atom. The molecule has 0 saturated carbocycles. The number of amides is 2. The maximum absolute atomic E-state index is 11.5. The van der Waals surface area contributed by atoms with Gasteiger partial charge in [0.15, 0.2) is 0 Å². The SMILES string of the molecule is CC(C)NC(=O)C1CN(C(=O)C(C)I)C1. The van der Waals surface area contributed by atoms with E-state index < -0.39 is 0 Å². The van der Waals surface area contributed by atoms with Gasteiger partial charge in [0.1, 0.15) is 0 Å². The van der Waals surface area contributed by atoms with E-state index in [4.69, 9.17) is 0 Å². The van der Waals surface area contributed by atoms with Gasteiger partial charge in [-0.3, -0.25) is 9.59 Å². The lowest BCUT2D eigenvalue weighted by atomic mass is 9.98. The molecular formula is C10H17IN2O2. The van der Waals surface area contributed by atoms with E-state index in [-0.39, 0.29) is 27.7 Å². The fraction of sp³-hybridized carbons (Fsp3) is 0.800. The zero-order valence-electron chi connectivity index (χ0n) is 9.29. The Hall–Kier alpha value is -0.330. The maximum Gasteiger partial charge on any atom is 0.235 e. The summed E-state index contributed by atoms with van der Waals surface area (Å²) in [6.45, 7) is 6.89. The van der Waals surface area contributed by atoms with Crippen LogP contribution in [0.25, 0.3) is 0 Å². The first-order chi connectivity index (χ1) is 6.91. The predicted octanol–water partition coefficient (Wildman–Crippen LogP) is 0.793. The molecule has 1 aliphatic rings. The van der Waals surface area contributed by atoms with Crippen LogP contribution in [-0.2, 0) is 9.59 Å². The highest BCUT2D eigenvalue weighted by Crippen LogP contribution is 2.18. The number of rotatable bonds is 3. The van der Waals surface area contributed by atoms with Gasteiger partial charge in [-0.1, -0.05) is 22.6 Å². The van der Waals surface area contributed by atoms with Crippen molar-refractivity contribution in [2.45, 2.75) is 30.7 Å². The van der Waals surface area contributed by atoms with Crippen LogP contribution in [0.3, 0.4) is 0 Å². The van der Waals surface area contributed by atoms with E-state index in [0.29, 0.717) is 13.1 Å². The number of nitrogens with zero attached hydrogens (tertiary/aromatic N) is 1. The molecule has 1 N–H and O–H groups in total. The quantitative estimate of drug-likeness (QED) is 0.616. The van der Waals surface area contributed by atoms with Crippen molar-refractivity contribution < 1.29 is 9.59 Å². The molecule has 2 amide bonds. The Morgan fingerprint density at radius 1 is 1.33 bits per heavy atom. The molecule has 1 fully saturated rings. The van der Waals surface area contributed by atoms with Crippen LogP contribution in [0, 0.1) is 5.92 Å². The van der Waals surface area contributed by atoms with Gasteiger partial charge in [-0.15, -0.1) is 0 Å². The first kappa shape index (κ1) is 12.7. The molecule has 1 atom stereocenters. The average Bonchev–Trinajstić information content (AvgIpc) is 1.99. The average molecular weight is 324 g/mol. The highest BCUT2D eigenvalue weighted by molar-refractivity contribution is 14.1. The highest BCUT2D eigenvalue weighted by Gasteiger charge is 2.36. The second kappa shape index (κ2) is 5.14. The number of nitrogens with one attached hydrogen (secondary N) is 1. The molecule has 0 spiro atoms. The van der Waals surface area contributed by atoms with Crippen molar-refractivity contribution in [2.24, 2.45) is 5.92 Å². The Labute approximate surface area is 104 Å². The van der Waals surface area contributed by atoms with Gasteiger partial charge in [0, 0.05) is 19.1 Å². The molecule has 4 nitrogen and oxygen atoms in total. The van der Waals surface area contributed by atoms with Gasteiger partial charge < -0.3 is 10.2 Å². The number of carbonyl (C=O) groups is 2. The molecule has 1 rings (SSSR count). The van der Waals surface area contributed by atoms with Crippen molar-refractivity contribution in [3.63, 3.8) is 0 Å². The third-order valence-electron chi connectivity index (χ3n) is 2.34. The number of alkyl halides is 1. The fourth-order valence-corrected chi connectivity index (χ4v) is 1.87. The molecule has 0 aromatic carbocycles. The highest BCUT2D eigenvalue weighted by atomic mass is 127. The minimum atomic E-state index is -0.00787. The second-order valence-electron chi connectivity index (χ2n) is 4.22. The predicted molar refractivity (Wildman–Crippen MR) is 66.8 cm³/mol. The summed E-state index contributed by atoms with van der Waals surface area (Å²) in [5.41, 5.74) is 0. The Kier molecular flexibility index (Phi) is 4.36. The van der Waals surface area contributed by atoms with Crippen LogP contribution < -0.4 is 5.32 Å². The smallest absolute Gasteiger partial charge is 0.235 e. The summed E-state index contributed by atoms with van der Waals surface area (Å²) < 4.78 is -0.00305. The van der Waals surface area contributed by atoms with Crippen LogP contribution in [0.15, 0.2) is 0 Å². The number of hydrogen-bond donors (Lipinski definition) is 1. The van der Waals surface area contributed by atoms with Crippen LogP contribution in [-0.4, -0.2) is 39.8 Å². The molecule has 86 valence electrons. The lowest BCUT2D eigenvalue weighted by Gasteiger charge is -2.39. The third-order valence-corrected chi connectivity index (χ3v) is 2.87. The number of likely N-dealkylation sites (tertiary alicyclic amines) is 1. The van der Waals surface area contributed by atoms with Crippen LogP contribution in [0.1, 0.15) is 20.8 Å². The number of hydrogen-bond acceptors (Lipinski definition) is 2. The second-order valence-corrected chi connectivity index (χ2v) is 6.09. The van der Waals surface area contributed by atoms with Gasteiger partial charge in [-0.25, -0.2) is 0 Å². The van der Waals surface area contributed by atoms with Crippen molar-refractivity contribution in [1.29, 1.82) is 0 Å². The van der Waals surface area contributed by atoms with Gasteiger partial charge in [-0.2, -0.15) is 0 Å². The zero-order valence-corrected chi connectivity index (χ0v) is 11.4. The topological polar surface area (TPSA) is 49.4 Å². The van der Waals surface area contributed by atoms with E-state index in [9.17, 15) is 9.59 Å². The van der Waals surface area contributed by atoms with Crippen molar-refractivity contribution in [3.05, 3.63) is 0 Å². The van der Waals surface area contributed by atoms with Gasteiger partial charge in [0.05, 0.1) is 9.84 Å². The van der Waals surface area contributed by atoms with Gasteiger partial charge in [0.2, 0.25) is 11.8 Å². The summed E-state index contributed by atoms with van der Waals surface area (Å²) in [7, 11) is 0. The summed E-state index contributed by atoms with van der Waals surface area (Å²) in [6.07, 6.45) is 0. The molecule has 0 radical (unpaired) electrons. The molecule has 15 heavy (non-hydrogen) atoms. The van der Waals surface area contributed by atoms with Crippen molar-refractivity contribution >= 4 is 34.4 Å². The van der Waals surface area contributed by atoms with E-state index in [2.05, 4.69) is 27.9 Å². The lowest BCUT2D eigenvalue weighted by molar-refractivity contribution is -0.142. The normalized spacial score (nSPS) is 18.6. The molecule has 0 bridgehead atoms. The van der Waals surface area contributed by atoms with E-state index >= 15 is 0 Å². The molecule has 1 aliphatic heterocycles. The van der Waals surface area contributed by atoms with Gasteiger partial charge in [0.25, 0.3) is 0 Å².